The van der Waals surface area contributed by atoms with E-state index in [1.807, 2.05) is 84.9 Å². The first kappa shape index (κ1) is 23.2. The Morgan fingerprint density at radius 3 is 1.32 bits per heavy atom. The van der Waals surface area contributed by atoms with Crippen LogP contribution in [0.5, 0.6) is 0 Å². The molecule has 1 heterocycles. The van der Waals surface area contributed by atoms with Crippen molar-refractivity contribution in [2.75, 3.05) is 4.90 Å². The molecule has 1 aliphatic heterocycles. The molecule has 5 aromatic carbocycles. The molecule has 5 nitrogen and oxygen atoms in total. The van der Waals surface area contributed by atoms with Gasteiger partial charge in [0.05, 0.1) is 19.6 Å². The van der Waals surface area contributed by atoms with E-state index < -0.39 is 19.7 Å². The summed E-state index contributed by atoms with van der Waals surface area (Å²) in [5.41, 5.74) is 4.34. The van der Waals surface area contributed by atoms with Crippen molar-refractivity contribution in [2.45, 2.75) is 19.6 Å². The van der Waals surface area contributed by atoms with Crippen molar-refractivity contribution >= 4 is 36.7 Å². The fraction of sp³-hybridized carbons (Fsp3) is 0. The van der Waals surface area contributed by atoms with Crippen LogP contribution >= 0.6 is 0 Å². The third kappa shape index (κ3) is 3.84. The highest BCUT2D eigenvalue weighted by atomic mass is 32.2. The summed E-state index contributed by atoms with van der Waals surface area (Å²) in [7, 11) is -7.92. The van der Waals surface area contributed by atoms with Crippen molar-refractivity contribution in [2.24, 2.45) is 0 Å². The summed E-state index contributed by atoms with van der Waals surface area (Å²) < 4.78 is 53.0. The smallest absolute Gasteiger partial charge is 0.209 e. The number of hydrogen-bond acceptors (Lipinski definition) is 5. The zero-order valence-electron chi connectivity index (χ0n) is 19.5. The molecule has 0 fully saturated rings. The second-order valence-electron chi connectivity index (χ2n) is 8.67. The summed E-state index contributed by atoms with van der Waals surface area (Å²) in [5.74, 6) is 0. The molecule has 0 amide bonds. The minimum Gasteiger partial charge on any atom is -0.311 e. The van der Waals surface area contributed by atoms with Gasteiger partial charge >= 0.3 is 0 Å². The highest BCUT2D eigenvalue weighted by molar-refractivity contribution is 7.97. The van der Waals surface area contributed by atoms with Crippen molar-refractivity contribution in [3.8, 4) is 11.1 Å². The standard InChI is InChI=1S/C30H21NO4S2/c32-36(33)27-13-7-8-14-28(27)37(34,35)30-21-23(17-20-29(30)36)22-15-18-26(19-16-22)31(24-9-3-1-4-10-24)25-11-5-2-6-12-25/h1-21H. The maximum Gasteiger partial charge on any atom is 0.209 e. The van der Waals surface area contributed by atoms with Gasteiger partial charge in [0, 0.05) is 17.1 Å². The second-order valence-corrected chi connectivity index (χ2v) is 12.4. The van der Waals surface area contributed by atoms with Crippen LogP contribution in [0.3, 0.4) is 0 Å². The van der Waals surface area contributed by atoms with E-state index >= 15 is 0 Å². The van der Waals surface area contributed by atoms with Crippen LogP contribution in [0, 0.1) is 0 Å². The van der Waals surface area contributed by atoms with E-state index in [4.69, 9.17) is 0 Å². The number of benzene rings is 5. The minimum absolute atomic E-state index is 0.179. The molecule has 0 aromatic heterocycles. The van der Waals surface area contributed by atoms with Crippen molar-refractivity contribution in [3.63, 3.8) is 0 Å². The highest BCUT2D eigenvalue weighted by Gasteiger charge is 2.39. The minimum atomic E-state index is -3.98. The average Bonchev–Trinajstić information content (AvgIpc) is 2.94. The molecule has 0 aliphatic carbocycles. The summed E-state index contributed by atoms with van der Waals surface area (Å²) in [5, 5.41) is 0. The Morgan fingerprint density at radius 1 is 0.378 bits per heavy atom. The van der Waals surface area contributed by atoms with E-state index in [2.05, 4.69) is 4.90 Å². The second kappa shape index (κ2) is 8.73. The van der Waals surface area contributed by atoms with E-state index in [0.29, 0.717) is 5.56 Å². The van der Waals surface area contributed by atoms with Crippen LogP contribution in [0.2, 0.25) is 0 Å². The molecule has 37 heavy (non-hydrogen) atoms. The number of sulfone groups is 2. The summed E-state index contributed by atoms with van der Waals surface area (Å²) in [6.07, 6.45) is 0. The van der Waals surface area contributed by atoms with Gasteiger partial charge in [0.25, 0.3) is 0 Å². The van der Waals surface area contributed by atoms with Gasteiger partial charge in [0.1, 0.15) is 0 Å². The van der Waals surface area contributed by atoms with Gasteiger partial charge in [-0.1, -0.05) is 66.7 Å². The van der Waals surface area contributed by atoms with Crippen LogP contribution in [0.15, 0.2) is 147 Å². The van der Waals surface area contributed by atoms with Crippen molar-refractivity contribution in [1.82, 2.24) is 0 Å². The molecular formula is C30H21NO4S2. The Bertz CT molecular complexity index is 1790. The number of anilines is 3. The van der Waals surface area contributed by atoms with Gasteiger partial charge in [-0.25, -0.2) is 16.8 Å². The van der Waals surface area contributed by atoms with Crippen LogP contribution in [-0.4, -0.2) is 16.8 Å². The van der Waals surface area contributed by atoms with Gasteiger partial charge < -0.3 is 4.90 Å². The molecule has 0 saturated carbocycles. The van der Waals surface area contributed by atoms with Gasteiger partial charge in [-0.2, -0.15) is 0 Å². The van der Waals surface area contributed by atoms with Crippen molar-refractivity contribution in [1.29, 1.82) is 0 Å². The number of rotatable bonds is 4. The van der Waals surface area contributed by atoms with Gasteiger partial charge in [0.15, 0.2) is 0 Å². The van der Waals surface area contributed by atoms with E-state index in [9.17, 15) is 16.8 Å². The molecule has 7 heteroatoms. The van der Waals surface area contributed by atoms with Crippen molar-refractivity contribution in [3.05, 3.63) is 127 Å². The van der Waals surface area contributed by atoms with Crippen LogP contribution in [-0.2, 0) is 19.7 Å². The average molecular weight is 524 g/mol. The molecule has 0 bridgehead atoms. The van der Waals surface area contributed by atoms with Crippen molar-refractivity contribution < 1.29 is 16.8 Å². The lowest BCUT2D eigenvalue weighted by atomic mass is 10.0. The number of hydrogen-bond donors (Lipinski definition) is 0. The largest absolute Gasteiger partial charge is 0.311 e. The summed E-state index contributed by atoms with van der Waals surface area (Å²) in [4.78, 5) is 1.39. The molecule has 6 rings (SSSR count). The number of nitrogens with zero attached hydrogens (tertiary/aromatic N) is 1. The molecule has 0 atom stereocenters. The van der Waals surface area contributed by atoms with E-state index in [-0.39, 0.29) is 19.6 Å². The van der Waals surface area contributed by atoms with Gasteiger partial charge in [-0.05, 0) is 71.8 Å². The lowest BCUT2D eigenvalue weighted by Crippen LogP contribution is -2.19. The highest BCUT2D eigenvalue weighted by Crippen LogP contribution is 2.42. The maximum absolute atomic E-state index is 13.4. The lowest BCUT2D eigenvalue weighted by molar-refractivity contribution is 0.570. The zero-order valence-corrected chi connectivity index (χ0v) is 21.2. The van der Waals surface area contributed by atoms with E-state index in [0.717, 1.165) is 22.6 Å². The Kier molecular flexibility index (Phi) is 5.47. The molecule has 0 radical (unpaired) electrons. The molecule has 0 saturated heterocycles. The van der Waals surface area contributed by atoms with Crippen LogP contribution in [0.25, 0.3) is 11.1 Å². The Balaban J connectivity index is 1.43. The number of fused-ring (bicyclic) bond motifs is 2. The molecule has 1 aliphatic rings. The van der Waals surface area contributed by atoms with E-state index in [1.165, 1.54) is 36.4 Å². The molecule has 0 spiro atoms. The first-order valence-electron chi connectivity index (χ1n) is 11.6. The fourth-order valence-electron chi connectivity index (χ4n) is 4.66. The molecule has 5 aromatic rings. The predicted molar refractivity (Wildman–Crippen MR) is 144 cm³/mol. The quantitative estimate of drug-likeness (QED) is 0.254. The Hall–Kier alpha value is -4.20. The molecular weight excluding hydrogens is 502 g/mol. The maximum atomic E-state index is 13.4. The lowest BCUT2D eigenvalue weighted by Gasteiger charge is -2.25. The summed E-state index contributed by atoms with van der Waals surface area (Å²) in [6, 6.07) is 38.0. The summed E-state index contributed by atoms with van der Waals surface area (Å²) in [6.45, 7) is 0. The summed E-state index contributed by atoms with van der Waals surface area (Å²) >= 11 is 0. The third-order valence-electron chi connectivity index (χ3n) is 6.44. The third-order valence-corrected chi connectivity index (χ3v) is 10.4. The number of para-hydroxylation sites is 2. The van der Waals surface area contributed by atoms with Gasteiger partial charge in [-0.15, -0.1) is 0 Å². The topological polar surface area (TPSA) is 71.5 Å². The Morgan fingerprint density at radius 2 is 0.784 bits per heavy atom. The predicted octanol–water partition coefficient (Wildman–Crippen LogP) is 6.80. The zero-order chi connectivity index (χ0) is 25.6. The molecule has 0 unspecified atom stereocenters. The molecule has 182 valence electrons. The first-order valence-corrected chi connectivity index (χ1v) is 14.6. The first-order chi connectivity index (χ1) is 17.9. The van der Waals surface area contributed by atoms with Gasteiger partial charge in [-0.3, -0.25) is 0 Å². The van der Waals surface area contributed by atoms with Crippen LogP contribution in [0.4, 0.5) is 17.1 Å². The van der Waals surface area contributed by atoms with E-state index in [1.54, 1.807) is 6.07 Å². The van der Waals surface area contributed by atoms with Crippen LogP contribution < -0.4 is 4.90 Å². The van der Waals surface area contributed by atoms with Gasteiger partial charge in [0.2, 0.25) is 19.7 Å². The Labute approximate surface area is 216 Å². The SMILES string of the molecule is O=S1(=O)c2ccccc2S(=O)(=O)c2cc(-c3ccc(N(c4ccccc4)c4ccccc4)cc3)ccc21. The fourth-order valence-corrected chi connectivity index (χ4v) is 8.81. The monoisotopic (exact) mass is 523 g/mol. The normalized spacial score (nSPS) is 14.8. The molecule has 0 N–H and O–H groups in total. The van der Waals surface area contributed by atoms with Crippen LogP contribution in [0.1, 0.15) is 0 Å².